The zero-order valence-corrected chi connectivity index (χ0v) is 19.8. The molecule has 33 heavy (non-hydrogen) atoms. The quantitative estimate of drug-likeness (QED) is 0.494. The number of carbonyl (C=O) groups is 1. The number of nitrogens with zero attached hydrogens (tertiary/aromatic N) is 2. The summed E-state index contributed by atoms with van der Waals surface area (Å²) in [6.07, 6.45) is 0. The van der Waals surface area contributed by atoms with Gasteiger partial charge in [0.2, 0.25) is 0 Å². The molecule has 1 amide bonds. The van der Waals surface area contributed by atoms with Crippen molar-refractivity contribution in [3.05, 3.63) is 82.6 Å². The molecule has 1 atom stereocenters. The highest BCUT2D eigenvalue weighted by atomic mass is 32.1. The van der Waals surface area contributed by atoms with Crippen LogP contribution in [0.2, 0.25) is 0 Å². The largest absolute Gasteiger partial charge is 0.489 e. The van der Waals surface area contributed by atoms with Crippen LogP contribution in [0.1, 0.15) is 16.5 Å². The van der Waals surface area contributed by atoms with Crippen molar-refractivity contribution in [3.63, 3.8) is 0 Å². The van der Waals surface area contributed by atoms with Gasteiger partial charge in [0.15, 0.2) is 6.61 Å². The number of rotatable bonds is 10. The summed E-state index contributed by atoms with van der Waals surface area (Å²) < 4.78 is 11.5. The van der Waals surface area contributed by atoms with Crippen molar-refractivity contribution in [3.8, 4) is 11.5 Å². The highest BCUT2D eigenvalue weighted by Gasteiger charge is 2.25. The highest BCUT2D eigenvalue weighted by molar-refractivity contribution is 7.10. The van der Waals surface area contributed by atoms with Crippen molar-refractivity contribution in [2.75, 3.05) is 46.4 Å². The fourth-order valence-corrected chi connectivity index (χ4v) is 4.67. The zero-order chi connectivity index (χ0) is 22.9. The van der Waals surface area contributed by atoms with Gasteiger partial charge in [-0.1, -0.05) is 36.4 Å². The number of hydrogen-bond acceptors (Lipinski definition) is 6. The first kappa shape index (κ1) is 23.3. The van der Waals surface area contributed by atoms with E-state index < -0.39 is 0 Å². The number of carbonyl (C=O) groups excluding carboxylic acids is 1. The van der Waals surface area contributed by atoms with Crippen LogP contribution >= 0.6 is 11.3 Å². The van der Waals surface area contributed by atoms with Crippen molar-refractivity contribution >= 4 is 17.2 Å². The first-order valence-corrected chi connectivity index (χ1v) is 12.2. The molecule has 2 heterocycles. The Hall–Kier alpha value is -2.87. The van der Waals surface area contributed by atoms with Gasteiger partial charge in [0.25, 0.3) is 5.91 Å². The third kappa shape index (κ3) is 7.05. The molecule has 1 saturated heterocycles. The van der Waals surface area contributed by atoms with E-state index in [9.17, 15) is 4.79 Å². The molecule has 1 N–H and O–H groups in total. The molecule has 0 saturated carbocycles. The summed E-state index contributed by atoms with van der Waals surface area (Å²) in [5, 5.41) is 5.16. The van der Waals surface area contributed by atoms with Gasteiger partial charge >= 0.3 is 0 Å². The summed E-state index contributed by atoms with van der Waals surface area (Å²) in [4.78, 5) is 18.6. The van der Waals surface area contributed by atoms with Crippen LogP contribution in [0.15, 0.2) is 72.1 Å². The summed E-state index contributed by atoms with van der Waals surface area (Å²) >= 11 is 1.74. The summed E-state index contributed by atoms with van der Waals surface area (Å²) in [5.41, 5.74) is 1.12. The zero-order valence-electron chi connectivity index (χ0n) is 19.0. The Morgan fingerprint density at radius 1 is 0.939 bits per heavy atom. The number of hydrogen-bond donors (Lipinski definition) is 1. The van der Waals surface area contributed by atoms with Crippen molar-refractivity contribution < 1.29 is 14.3 Å². The number of likely N-dealkylation sites (N-methyl/N-ethyl adjacent to an activating group) is 1. The Morgan fingerprint density at radius 2 is 1.64 bits per heavy atom. The molecule has 4 rings (SSSR count). The van der Waals surface area contributed by atoms with Gasteiger partial charge in [-0.2, -0.15) is 0 Å². The van der Waals surface area contributed by atoms with Crippen LogP contribution in [-0.4, -0.2) is 62.1 Å². The lowest BCUT2D eigenvalue weighted by Crippen LogP contribution is -2.48. The number of benzene rings is 2. The second-order valence-electron chi connectivity index (χ2n) is 8.21. The molecule has 1 unspecified atom stereocenters. The third-order valence-corrected chi connectivity index (χ3v) is 6.76. The Labute approximate surface area is 199 Å². The van der Waals surface area contributed by atoms with Gasteiger partial charge in [-0.3, -0.25) is 9.69 Å². The molecule has 1 aliphatic rings. The summed E-state index contributed by atoms with van der Waals surface area (Å²) in [6, 6.07) is 21.8. The molecule has 3 aromatic rings. The molecule has 0 radical (unpaired) electrons. The van der Waals surface area contributed by atoms with E-state index in [0.29, 0.717) is 18.9 Å². The molecular weight excluding hydrogens is 434 g/mol. The lowest BCUT2D eigenvalue weighted by molar-refractivity contribution is -0.123. The van der Waals surface area contributed by atoms with Crippen LogP contribution in [-0.2, 0) is 11.4 Å². The van der Waals surface area contributed by atoms with Crippen molar-refractivity contribution in [1.82, 2.24) is 15.1 Å². The summed E-state index contributed by atoms with van der Waals surface area (Å²) in [5.74, 6) is 1.29. The Bertz CT molecular complexity index is 972. The van der Waals surface area contributed by atoms with Gasteiger partial charge in [-0.15, -0.1) is 11.3 Å². The van der Waals surface area contributed by atoms with Crippen LogP contribution < -0.4 is 14.8 Å². The van der Waals surface area contributed by atoms with Crippen LogP contribution in [0.25, 0.3) is 0 Å². The molecule has 0 bridgehead atoms. The van der Waals surface area contributed by atoms with Gasteiger partial charge < -0.3 is 19.7 Å². The number of nitrogens with one attached hydrogen (secondary N) is 1. The van der Waals surface area contributed by atoms with E-state index in [0.717, 1.165) is 37.5 Å². The first-order valence-electron chi connectivity index (χ1n) is 11.3. The van der Waals surface area contributed by atoms with Crippen LogP contribution in [0.3, 0.4) is 0 Å². The average Bonchev–Trinajstić information content (AvgIpc) is 3.39. The van der Waals surface area contributed by atoms with Gasteiger partial charge in [0.05, 0.1) is 6.04 Å². The topological polar surface area (TPSA) is 54.0 Å². The molecular formula is C26H31N3O3S. The maximum Gasteiger partial charge on any atom is 0.258 e. The lowest BCUT2D eigenvalue weighted by atomic mass is 10.1. The fraction of sp³-hybridized carbons (Fsp3) is 0.346. The van der Waals surface area contributed by atoms with E-state index >= 15 is 0 Å². The Morgan fingerprint density at radius 3 is 2.30 bits per heavy atom. The van der Waals surface area contributed by atoms with Gasteiger partial charge in [0, 0.05) is 37.6 Å². The Balaban J connectivity index is 1.22. The predicted molar refractivity (Wildman–Crippen MR) is 132 cm³/mol. The van der Waals surface area contributed by atoms with E-state index in [2.05, 4.69) is 39.7 Å². The van der Waals surface area contributed by atoms with Gasteiger partial charge in [-0.05, 0) is 48.3 Å². The Kier molecular flexibility index (Phi) is 8.35. The highest BCUT2D eigenvalue weighted by Crippen LogP contribution is 2.25. The lowest BCUT2D eigenvalue weighted by Gasteiger charge is -2.37. The van der Waals surface area contributed by atoms with E-state index in [-0.39, 0.29) is 18.6 Å². The minimum Gasteiger partial charge on any atom is -0.489 e. The normalized spacial score (nSPS) is 15.7. The molecule has 174 valence electrons. The molecule has 1 fully saturated rings. The van der Waals surface area contributed by atoms with Crippen LogP contribution in [0.5, 0.6) is 11.5 Å². The van der Waals surface area contributed by atoms with Gasteiger partial charge in [-0.25, -0.2) is 0 Å². The van der Waals surface area contributed by atoms with Crippen molar-refractivity contribution in [2.45, 2.75) is 12.6 Å². The second kappa shape index (κ2) is 11.8. The summed E-state index contributed by atoms with van der Waals surface area (Å²) in [7, 11) is 2.15. The smallest absolute Gasteiger partial charge is 0.258 e. The van der Waals surface area contributed by atoms with E-state index in [1.807, 2.05) is 54.6 Å². The number of thiophene rings is 1. The van der Waals surface area contributed by atoms with Crippen LogP contribution in [0.4, 0.5) is 0 Å². The molecule has 1 aliphatic heterocycles. The van der Waals surface area contributed by atoms with E-state index in [1.54, 1.807) is 11.3 Å². The maximum absolute atomic E-state index is 12.5. The standard InChI is InChI=1S/C26H31N3O3S/c1-28-13-15-29(16-14-28)24(25-8-5-17-33-25)18-27-26(30)20-32-23-11-9-22(10-12-23)31-19-21-6-3-2-4-7-21/h2-12,17,24H,13-16,18-20H2,1H3,(H,27,30). The average molecular weight is 466 g/mol. The van der Waals surface area contributed by atoms with Crippen molar-refractivity contribution in [1.29, 1.82) is 0 Å². The molecule has 1 aromatic heterocycles. The third-order valence-electron chi connectivity index (χ3n) is 5.78. The van der Waals surface area contributed by atoms with E-state index in [4.69, 9.17) is 9.47 Å². The number of amides is 1. The predicted octanol–water partition coefficient (Wildman–Crippen LogP) is 3.81. The molecule has 6 nitrogen and oxygen atoms in total. The van der Waals surface area contributed by atoms with E-state index in [1.165, 1.54) is 4.88 Å². The SMILES string of the molecule is CN1CCN(C(CNC(=O)COc2ccc(OCc3ccccc3)cc2)c2cccs2)CC1. The number of ether oxygens (including phenoxy) is 2. The minimum absolute atomic E-state index is 0.00980. The monoisotopic (exact) mass is 465 g/mol. The first-order chi connectivity index (χ1) is 16.2. The summed E-state index contributed by atoms with van der Waals surface area (Å²) in [6.45, 7) is 5.19. The van der Waals surface area contributed by atoms with Crippen LogP contribution in [0, 0.1) is 0 Å². The molecule has 7 heteroatoms. The second-order valence-corrected chi connectivity index (χ2v) is 9.19. The minimum atomic E-state index is -0.116. The fourth-order valence-electron chi connectivity index (χ4n) is 3.81. The van der Waals surface area contributed by atoms with Gasteiger partial charge in [0.1, 0.15) is 18.1 Å². The molecule has 2 aromatic carbocycles. The molecule has 0 spiro atoms. The maximum atomic E-state index is 12.5. The number of piperazine rings is 1. The van der Waals surface area contributed by atoms with Crippen molar-refractivity contribution in [2.24, 2.45) is 0 Å². The molecule has 0 aliphatic carbocycles.